The van der Waals surface area contributed by atoms with Crippen LogP contribution in [-0.2, 0) is 29.8 Å². The van der Waals surface area contributed by atoms with Crippen LogP contribution in [0.3, 0.4) is 0 Å². The molecule has 16 nitrogen and oxygen atoms in total. The van der Waals surface area contributed by atoms with Crippen molar-refractivity contribution in [2.24, 2.45) is 10.3 Å². The number of alkyl halides is 1. The third-order valence-electron chi connectivity index (χ3n) is 10.5. The van der Waals surface area contributed by atoms with Gasteiger partial charge in [0.2, 0.25) is 21.8 Å². The number of halogens is 2. The van der Waals surface area contributed by atoms with Crippen LogP contribution in [0.25, 0.3) is 0 Å². The van der Waals surface area contributed by atoms with Gasteiger partial charge in [0.05, 0.1) is 58.7 Å². The Balaban J connectivity index is 0.000000228. The first-order valence-corrected chi connectivity index (χ1v) is 23.0. The number of carbonyl (C=O) groups is 2. The lowest BCUT2D eigenvalue weighted by atomic mass is 10.2. The highest BCUT2D eigenvalue weighted by molar-refractivity contribution is 7.89. The molecular weight excluding hydrogens is 856 g/mol. The van der Waals surface area contributed by atoms with Crippen LogP contribution in [0.15, 0.2) is 109 Å². The molecule has 6 N–H and O–H groups in total. The summed E-state index contributed by atoms with van der Waals surface area (Å²) in [7, 11) is -4.88. The topological polar surface area (TPSA) is 203 Å². The highest BCUT2D eigenvalue weighted by Gasteiger charge is 2.48. The smallest absolute Gasteiger partial charge is 0.372 e. The Kier molecular flexibility index (Phi) is 15.9. The predicted molar refractivity (Wildman–Crippen MR) is 237 cm³/mol. The molecule has 20 heteroatoms. The maximum absolute atomic E-state index is 12.6. The Labute approximate surface area is 362 Å². The summed E-state index contributed by atoms with van der Waals surface area (Å²) in [4.78, 5) is 28.3. The van der Waals surface area contributed by atoms with Gasteiger partial charge in [-0.3, -0.25) is 19.4 Å². The van der Waals surface area contributed by atoms with Gasteiger partial charge in [-0.15, -0.1) is 11.6 Å². The third kappa shape index (κ3) is 11.7. The number of benzene rings is 4. The first-order chi connectivity index (χ1) is 28.5. The number of nitrogens with one attached hydrogen (secondary N) is 2. The first-order valence-electron chi connectivity index (χ1n) is 19.1. The fourth-order valence-electron chi connectivity index (χ4n) is 7.33. The van der Waals surface area contributed by atoms with Crippen molar-refractivity contribution in [2.45, 2.75) is 23.7 Å². The van der Waals surface area contributed by atoms with E-state index in [-0.39, 0.29) is 35.8 Å². The Morgan fingerprint density at radius 1 is 0.650 bits per heavy atom. The third-order valence-corrected chi connectivity index (χ3v) is 14.2. The number of ether oxygens (including phenoxy) is 2. The normalized spacial score (nSPS) is 17.8. The number of hydrogen-bond donors (Lipinski definition) is 4. The summed E-state index contributed by atoms with van der Waals surface area (Å²) >= 11 is 13.3. The minimum atomic E-state index is -3.98. The van der Waals surface area contributed by atoms with Gasteiger partial charge in [-0.2, -0.15) is 21.4 Å². The molecule has 2 amide bonds. The second-order valence-electron chi connectivity index (χ2n) is 14.3. The largest absolute Gasteiger partial charge is 0.491 e. The molecule has 2 heterocycles. The van der Waals surface area contributed by atoms with Crippen LogP contribution in [0, 0.1) is 0 Å². The van der Waals surface area contributed by atoms with Crippen molar-refractivity contribution in [3.8, 4) is 11.5 Å². The summed E-state index contributed by atoms with van der Waals surface area (Å²) in [6.07, 6.45) is -0.175. The van der Waals surface area contributed by atoms with Gasteiger partial charge in [0.15, 0.2) is 34.7 Å². The molecule has 0 spiro atoms. The van der Waals surface area contributed by atoms with E-state index in [1.165, 1.54) is 7.11 Å². The van der Waals surface area contributed by atoms with Gasteiger partial charge >= 0.3 is 10.2 Å². The van der Waals surface area contributed by atoms with E-state index in [2.05, 4.69) is 10.6 Å². The Hall–Kier alpha value is -4.34. The van der Waals surface area contributed by atoms with E-state index in [4.69, 9.17) is 43.1 Å². The van der Waals surface area contributed by atoms with Gasteiger partial charge < -0.3 is 20.1 Å². The number of hydrogen-bond acceptors (Lipinski definition) is 10. The lowest BCUT2D eigenvalue weighted by molar-refractivity contribution is -0.117. The molecule has 0 saturated carbocycles. The number of amides is 2. The van der Waals surface area contributed by atoms with Crippen molar-refractivity contribution in [3.05, 3.63) is 109 Å². The molecule has 4 aromatic carbocycles. The average molecular weight is 908 g/mol. The SMILES string of the molecule is COc1ccccc1[N+]1(Cl)CCN(C(CC(=O)Nc2ccccc2)S(N)(=O)=O)CC1.COc1ccccc1[N+]1(S(N)(=O)=O)CCN(C(Cl)CC(=O)Nc2ccccc2)CC1. The number of methoxy groups -OCH3 is 2. The van der Waals surface area contributed by atoms with Gasteiger partial charge in [-0.1, -0.05) is 60.7 Å². The Morgan fingerprint density at radius 3 is 1.53 bits per heavy atom. The van der Waals surface area contributed by atoms with Crippen LogP contribution in [0.1, 0.15) is 12.8 Å². The van der Waals surface area contributed by atoms with Crippen LogP contribution in [0.5, 0.6) is 11.5 Å². The fraction of sp³-hybridized carbons (Fsp3) is 0.350. The zero-order valence-electron chi connectivity index (χ0n) is 33.4. The number of nitrogens with zero attached hydrogens (tertiary/aromatic N) is 4. The van der Waals surface area contributed by atoms with Crippen LogP contribution < -0.4 is 38.3 Å². The van der Waals surface area contributed by atoms with Crippen LogP contribution >= 0.6 is 23.4 Å². The van der Waals surface area contributed by atoms with E-state index < -0.39 is 40.9 Å². The number of sulfonamides is 1. The minimum absolute atomic E-state index is 0.0838. The molecule has 2 unspecified atom stereocenters. The van der Waals surface area contributed by atoms with E-state index in [1.807, 2.05) is 53.4 Å². The summed E-state index contributed by atoms with van der Waals surface area (Å²) in [5, 5.41) is 15.5. The standard InChI is InChI=1S/2C20H25ClN4O4S/c1-29-18-10-6-5-9-17(18)25(21)13-11-24(12-14-25)20(30(22,27)28)15-19(26)23-16-7-3-2-4-8-16;1-29-18-10-6-5-9-17(18)25(30(22,27)28)13-11-24(12-14-25)19(21)15-20(26)23-16-7-3-2-4-8-16/h2-10,20H,11-15H2,1H3,(H2-,22,23,26,27,28);2-10,19H,11-15H2,1H3,(H2-,22,23,26,27,28)/p+2. The second-order valence-corrected chi connectivity index (χ2v) is 18.9. The lowest BCUT2D eigenvalue weighted by Gasteiger charge is -2.42. The van der Waals surface area contributed by atoms with Gasteiger partial charge in [0, 0.05) is 23.5 Å². The van der Waals surface area contributed by atoms with E-state index >= 15 is 0 Å². The number of carbonyl (C=O) groups excluding carboxylic acids is 2. The van der Waals surface area contributed by atoms with Crippen LogP contribution in [0.4, 0.5) is 22.7 Å². The molecule has 2 aliphatic heterocycles. The second kappa shape index (κ2) is 20.5. The molecule has 0 aliphatic carbocycles. The van der Waals surface area contributed by atoms with Crippen LogP contribution in [-0.4, -0.2) is 116 Å². The molecule has 4 aromatic rings. The maximum atomic E-state index is 12.6. The highest BCUT2D eigenvalue weighted by atomic mass is 35.5. The Bertz CT molecular complexity index is 2280. The molecule has 60 heavy (non-hydrogen) atoms. The molecule has 0 radical (unpaired) electrons. The maximum Gasteiger partial charge on any atom is 0.372 e. The van der Waals surface area contributed by atoms with Crippen LogP contribution in [0.2, 0.25) is 0 Å². The van der Waals surface area contributed by atoms with E-state index in [1.54, 1.807) is 72.7 Å². The van der Waals surface area contributed by atoms with Crippen molar-refractivity contribution >= 4 is 78.2 Å². The summed E-state index contributed by atoms with van der Waals surface area (Å²) < 4.78 is 60.2. The van der Waals surface area contributed by atoms with Crippen molar-refractivity contribution in [3.63, 3.8) is 0 Å². The molecule has 2 fully saturated rings. The quantitative estimate of drug-likeness (QED) is 0.0614. The summed E-state index contributed by atoms with van der Waals surface area (Å²) in [6, 6.07) is 32.4. The number of rotatable bonds is 14. The molecule has 2 atom stereocenters. The highest BCUT2D eigenvalue weighted by Crippen LogP contribution is 2.38. The van der Waals surface area contributed by atoms with E-state index in [9.17, 15) is 26.4 Å². The molecular formula is C40H52Cl2N8O8S2+2. The molecule has 2 aliphatic rings. The first kappa shape index (κ1) is 46.7. The summed E-state index contributed by atoms with van der Waals surface area (Å²) in [5.74, 6) is 0.515. The van der Waals surface area contributed by atoms with E-state index in [0.717, 1.165) is 5.69 Å². The predicted octanol–water partition coefficient (Wildman–Crippen LogP) is 4.23. The average Bonchev–Trinajstić information content (AvgIpc) is 3.23. The van der Waals surface area contributed by atoms with E-state index in [0.29, 0.717) is 67.8 Å². The van der Waals surface area contributed by atoms with Gasteiger partial charge in [-0.05, 0) is 36.4 Å². The molecule has 6 rings (SSSR count). The number of para-hydroxylation sites is 6. The lowest BCUT2D eigenvalue weighted by Crippen LogP contribution is -2.66. The monoisotopic (exact) mass is 906 g/mol. The molecule has 2 saturated heterocycles. The van der Waals surface area contributed by atoms with Gasteiger partial charge in [0.1, 0.15) is 31.6 Å². The minimum Gasteiger partial charge on any atom is -0.491 e. The number of piperazine rings is 2. The van der Waals surface area contributed by atoms with Gasteiger partial charge in [0.25, 0.3) is 0 Å². The summed E-state index contributed by atoms with van der Waals surface area (Å²) in [5.41, 5.74) is 2.05. The zero-order chi connectivity index (χ0) is 43.6. The number of nitrogens with two attached hydrogens (primary N) is 2. The van der Waals surface area contributed by atoms with Crippen molar-refractivity contribution in [2.75, 3.05) is 77.2 Å². The molecule has 0 aromatic heterocycles. The molecule has 324 valence electrons. The number of primary sulfonamides is 1. The number of quaternary nitrogens is 2. The Morgan fingerprint density at radius 2 is 1.07 bits per heavy atom. The fourth-order valence-corrected chi connectivity index (χ4v) is 10.1. The zero-order valence-corrected chi connectivity index (χ0v) is 36.5. The van der Waals surface area contributed by atoms with Crippen molar-refractivity contribution < 1.29 is 35.9 Å². The van der Waals surface area contributed by atoms with Crippen molar-refractivity contribution in [1.82, 2.24) is 17.7 Å². The number of anilines is 2. The summed E-state index contributed by atoms with van der Waals surface area (Å²) in [6.45, 7) is 2.72. The molecule has 0 bridgehead atoms. The van der Waals surface area contributed by atoms with Gasteiger partial charge in [-0.25, -0.2) is 13.6 Å². The van der Waals surface area contributed by atoms with Crippen molar-refractivity contribution in [1.29, 1.82) is 0 Å².